The summed E-state index contributed by atoms with van der Waals surface area (Å²) >= 11 is 0. The maximum absolute atomic E-state index is 13.3. The lowest BCUT2D eigenvalue weighted by Gasteiger charge is -2.25. The van der Waals surface area contributed by atoms with Crippen molar-refractivity contribution in [2.24, 2.45) is 0 Å². The molecule has 1 saturated heterocycles. The van der Waals surface area contributed by atoms with Gasteiger partial charge in [0.2, 0.25) is 0 Å². The van der Waals surface area contributed by atoms with E-state index in [0.717, 1.165) is 22.0 Å². The number of pyridine rings is 1. The van der Waals surface area contributed by atoms with E-state index in [0.29, 0.717) is 11.3 Å². The van der Waals surface area contributed by atoms with Crippen molar-refractivity contribution >= 4 is 28.4 Å². The highest BCUT2D eigenvalue weighted by Crippen LogP contribution is 2.42. The van der Waals surface area contributed by atoms with Crippen molar-refractivity contribution in [3.63, 3.8) is 0 Å². The number of aliphatic hydroxyl groups excluding tert-OH is 1. The maximum Gasteiger partial charge on any atom is 0.295 e. The first-order chi connectivity index (χ1) is 16.9. The maximum atomic E-state index is 13.3. The Morgan fingerprint density at radius 1 is 1.09 bits per heavy atom. The first kappa shape index (κ1) is 22.4. The number of hydrogen-bond donors (Lipinski definition) is 2. The fourth-order valence-electron chi connectivity index (χ4n) is 4.49. The molecule has 0 bridgehead atoms. The van der Waals surface area contributed by atoms with E-state index in [1.54, 1.807) is 48.9 Å². The summed E-state index contributed by atoms with van der Waals surface area (Å²) in [5.74, 6) is -0.945. The Morgan fingerprint density at radius 3 is 2.57 bits per heavy atom. The molecule has 1 aliphatic heterocycles. The third-order valence-electron chi connectivity index (χ3n) is 6.03. The van der Waals surface area contributed by atoms with Crippen LogP contribution in [0.15, 0.2) is 84.8 Å². The van der Waals surface area contributed by atoms with E-state index >= 15 is 0 Å². The minimum Gasteiger partial charge on any atom is -0.507 e. The number of aromatic amines is 1. The molecule has 0 radical (unpaired) electrons. The Labute approximate surface area is 202 Å². The molecule has 2 aromatic carbocycles. The molecule has 0 aliphatic carbocycles. The number of Topliss-reactive ketones (excluding diaryl/α,β-unsaturated/α-hetero) is 1. The molecule has 4 aromatic rings. The van der Waals surface area contributed by atoms with Crippen molar-refractivity contribution in [3.8, 4) is 5.75 Å². The number of benzene rings is 2. The van der Waals surface area contributed by atoms with E-state index in [2.05, 4.69) is 9.97 Å². The molecule has 1 aliphatic rings. The second kappa shape index (κ2) is 9.10. The first-order valence-electron chi connectivity index (χ1n) is 11.4. The van der Waals surface area contributed by atoms with E-state index in [1.165, 1.54) is 4.90 Å². The van der Waals surface area contributed by atoms with Gasteiger partial charge in [-0.25, -0.2) is 0 Å². The van der Waals surface area contributed by atoms with Gasteiger partial charge >= 0.3 is 0 Å². The first-order valence-corrected chi connectivity index (χ1v) is 11.4. The molecule has 2 aromatic heterocycles. The summed E-state index contributed by atoms with van der Waals surface area (Å²) < 4.78 is 5.69. The lowest BCUT2D eigenvalue weighted by atomic mass is 9.95. The number of hydrogen-bond acceptors (Lipinski definition) is 5. The van der Waals surface area contributed by atoms with E-state index in [9.17, 15) is 14.7 Å². The number of amides is 1. The molecular formula is C28H25N3O4. The van der Waals surface area contributed by atoms with Gasteiger partial charge in [-0.1, -0.05) is 24.3 Å². The number of likely N-dealkylation sites (tertiary alicyclic amines) is 1. The molecule has 7 nitrogen and oxygen atoms in total. The van der Waals surface area contributed by atoms with Crippen molar-refractivity contribution < 1.29 is 19.4 Å². The number of carbonyl (C=O) groups excluding carboxylic acids is 2. The van der Waals surface area contributed by atoms with Gasteiger partial charge in [0.05, 0.1) is 17.7 Å². The minimum absolute atomic E-state index is 0.00844. The van der Waals surface area contributed by atoms with Gasteiger partial charge in [-0.05, 0) is 55.8 Å². The molecule has 1 fully saturated rings. The summed E-state index contributed by atoms with van der Waals surface area (Å²) in [5, 5.41) is 12.2. The number of rotatable bonds is 6. The van der Waals surface area contributed by atoms with Crippen LogP contribution in [0.25, 0.3) is 16.7 Å². The number of H-pyrrole nitrogens is 1. The largest absolute Gasteiger partial charge is 0.507 e. The van der Waals surface area contributed by atoms with Crippen LogP contribution in [0.5, 0.6) is 5.75 Å². The molecule has 176 valence electrons. The van der Waals surface area contributed by atoms with Crippen molar-refractivity contribution in [2.45, 2.75) is 32.5 Å². The zero-order valence-electron chi connectivity index (χ0n) is 19.4. The van der Waals surface area contributed by atoms with Gasteiger partial charge in [0.1, 0.15) is 11.5 Å². The number of fused-ring (bicyclic) bond motifs is 1. The van der Waals surface area contributed by atoms with Gasteiger partial charge in [0.15, 0.2) is 0 Å². The molecule has 0 saturated carbocycles. The number of nitrogens with zero attached hydrogens (tertiary/aromatic N) is 2. The van der Waals surface area contributed by atoms with E-state index in [4.69, 9.17) is 4.74 Å². The molecule has 1 unspecified atom stereocenters. The smallest absolute Gasteiger partial charge is 0.295 e. The second-order valence-corrected chi connectivity index (χ2v) is 8.77. The summed E-state index contributed by atoms with van der Waals surface area (Å²) in [5.41, 5.74) is 2.90. The van der Waals surface area contributed by atoms with Crippen LogP contribution in [0, 0.1) is 0 Å². The Hall–Kier alpha value is -4.39. The topological polar surface area (TPSA) is 95.5 Å². The van der Waals surface area contributed by atoms with Crippen molar-refractivity contribution in [1.82, 2.24) is 14.9 Å². The number of para-hydroxylation sites is 1. The standard InChI is InChI=1S/C28H25N3O4/c1-17(2)35-20-11-9-19(10-12-20)26(32)24-25(22-15-30-23-8-4-3-7-21(22)23)31(28(34)27(24)33)16-18-6-5-13-29-14-18/h3-15,17,25,30,32H,16H2,1-2H3/b26-24+. The summed E-state index contributed by atoms with van der Waals surface area (Å²) in [6, 6.07) is 17.4. The minimum atomic E-state index is -0.766. The van der Waals surface area contributed by atoms with Crippen LogP contribution >= 0.6 is 0 Å². The summed E-state index contributed by atoms with van der Waals surface area (Å²) in [7, 11) is 0. The van der Waals surface area contributed by atoms with Crippen molar-refractivity contribution in [1.29, 1.82) is 0 Å². The van der Waals surface area contributed by atoms with Crippen LogP contribution in [-0.4, -0.2) is 37.8 Å². The number of aromatic nitrogens is 2. The van der Waals surface area contributed by atoms with Crippen LogP contribution < -0.4 is 4.74 Å². The Kier molecular flexibility index (Phi) is 5.82. The van der Waals surface area contributed by atoms with Crippen LogP contribution in [-0.2, 0) is 16.1 Å². The summed E-state index contributed by atoms with van der Waals surface area (Å²) in [6.45, 7) is 4.04. The molecule has 1 amide bonds. The van der Waals surface area contributed by atoms with Gasteiger partial charge in [-0.15, -0.1) is 0 Å². The monoisotopic (exact) mass is 467 g/mol. The number of ether oxygens (including phenoxy) is 1. The highest BCUT2D eigenvalue weighted by molar-refractivity contribution is 6.46. The van der Waals surface area contributed by atoms with Gasteiger partial charge in [0, 0.05) is 47.2 Å². The zero-order valence-corrected chi connectivity index (χ0v) is 19.4. The predicted molar refractivity (Wildman–Crippen MR) is 133 cm³/mol. The van der Waals surface area contributed by atoms with Crippen LogP contribution in [0.3, 0.4) is 0 Å². The molecule has 35 heavy (non-hydrogen) atoms. The zero-order chi connectivity index (χ0) is 24.5. The lowest BCUT2D eigenvalue weighted by Crippen LogP contribution is -2.29. The fourth-order valence-corrected chi connectivity index (χ4v) is 4.49. The van der Waals surface area contributed by atoms with E-state index in [-0.39, 0.29) is 24.0 Å². The third-order valence-corrected chi connectivity index (χ3v) is 6.03. The molecule has 5 rings (SSSR count). The number of ketones is 1. The highest BCUT2D eigenvalue weighted by atomic mass is 16.5. The average molecular weight is 468 g/mol. The van der Waals surface area contributed by atoms with E-state index in [1.807, 2.05) is 44.2 Å². The lowest BCUT2D eigenvalue weighted by molar-refractivity contribution is -0.140. The third kappa shape index (κ3) is 4.17. The van der Waals surface area contributed by atoms with Crippen LogP contribution in [0.4, 0.5) is 0 Å². The van der Waals surface area contributed by atoms with Gasteiger partial charge in [-0.3, -0.25) is 14.6 Å². The quantitative estimate of drug-likeness (QED) is 0.237. The fraction of sp³-hybridized carbons (Fsp3) is 0.179. The average Bonchev–Trinajstić information content (AvgIpc) is 3.39. The van der Waals surface area contributed by atoms with Crippen molar-refractivity contribution in [3.05, 3.63) is 102 Å². The van der Waals surface area contributed by atoms with Gasteiger partial charge in [0.25, 0.3) is 11.7 Å². The molecule has 2 N–H and O–H groups in total. The number of aliphatic hydroxyl groups is 1. The Balaban J connectivity index is 1.64. The highest BCUT2D eigenvalue weighted by Gasteiger charge is 2.46. The molecular weight excluding hydrogens is 442 g/mol. The molecule has 0 spiro atoms. The van der Waals surface area contributed by atoms with Crippen LogP contribution in [0.1, 0.15) is 36.6 Å². The molecule has 1 atom stereocenters. The second-order valence-electron chi connectivity index (χ2n) is 8.77. The number of carbonyl (C=O) groups is 2. The molecule has 3 heterocycles. The van der Waals surface area contributed by atoms with Crippen LogP contribution in [0.2, 0.25) is 0 Å². The predicted octanol–water partition coefficient (Wildman–Crippen LogP) is 4.97. The van der Waals surface area contributed by atoms with Gasteiger partial charge in [-0.2, -0.15) is 0 Å². The normalized spacial score (nSPS) is 17.5. The van der Waals surface area contributed by atoms with Gasteiger partial charge < -0.3 is 19.7 Å². The Morgan fingerprint density at radius 2 is 1.86 bits per heavy atom. The summed E-state index contributed by atoms with van der Waals surface area (Å²) in [6.07, 6.45) is 5.12. The summed E-state index contributed by atoms with van der Waals surface area (Å²) in [4.78, 5) is 35.4. The van der Waals surface area contributed by atoms with E-state index < -0.39 is 17.7 Å². The SMILES string of the molecule is CC(C)Oc1ccc(/C(O)=C2\C(=O)C(=O)N(Cc3cccnc3)C2c2c[nH]c3ccccc23)cc1. The Bertz CT molecular complexity index is 1420. The number of nitrogens with one attached hydrogen (secondary N) is 1. The van der Waals surface area contributed by atoms with Crippen molar-refractivity contribution in [2.75, 3.05) is 0 Å². The molecule has 7 heteroatoms.